The first-order valence-electron chi connectivity index (χ1n) is 9.74. The summed E-state index contributed by atoms with van der Waals surface area (Å²) in [5, 5.41) is 3.48. The number of aromatic nitrogens is 1. The second-order valence-electron chi connectivity index (χ2n) is 7.52. The van der Waals surface area contributed by atoms with Gasteiger partial charge in [0.15, 0.2) is 5.17 Å². The van der Waals surface area contributed by atoms with Gasteiger partial charge in [0.05, 0.1) is 10.6 Å². The van der Waals surface area contributed by atoms with Gasteiger partial charge in [0, 0.05) is 26.0 Å². The summed E-state index contributed by atoms with van der Waals surface area (Å²) < 4.78 is 4.31. The van der Waals surface area contributed by atoms with E-state index in [1.807, 2.05) is 44.2 Å². The van der Waals surface area contributed by atoms with E-state index < -0.39 is 0 Å². The molecule has 1 N–H and O–H groups in total. The van der Waals surface area contributed by atoms with E-state index in [4.69, 9.17) is 0 Å². The quantitative estimate of drug-likeness (QED) is 0.348. The standard InChI is InChI=1S/C24H21Br2N3OS/c1-13-8-19(9-14(2)22(13)26)27-24-28-23(30)21(31-24)11-17-10-15(3)29(16(17)4)20-7-5-6-18(25)12-20/h5-12H,1-4H3,(H,27,28,30)/b21-11-. The molecule has 1 saturated heterocycles. The van der Waals surface area contributed by atoms with Crippen LogP contribution in [0.3, 0.4) is 0 Å². The number of halogens is 2. The number of carbonyl (C=O) groups excluding carboxylic acids is 1. The second kappa shape index (κ2) is 8.81. The van der Waals surface area contributed by atoms with Crippen LogP contribution in [0.25, 0.3) is 11.8 Å². The molecule has 0 atom stereocenters. The van der Waals surface area contributed by atoms with Crippen LogP contribution in [0.5, 0.6) is 0 Å². The van der Waals surface area contributed by atoms with Crippen molar-refractivity contribution in [2.24, 2.45) is 4.99 Å². The number of amides is 1. The highest BCUT2D eigenvalue weighted by atomic mass is 79.9. The van der Waals surface area contributed by atoms with Crippen LogP contribution in [0.1, 0.15) is 28.1 Å². The fourth-order valence-corrected chi connectivity index (χ4v) is 5.12. The molecule has 1 aliphatic heterocycles. The molecule has 0 unspecified atom stereocenters. The third-order valence-corrected chi connectivity index (χ3v) is 7.78. The number of thioether (sulfide) groups is 1. The van der Waals surface area contributed by atoms with Crippen molar-refractivity contribution in [1.29, 1.82) is 0 Å². The predicted octanol–water partition coefficient (Wildman–Crippen LogP) is 7.13. The van der Waals surface area contributed by atoms with E-state index in [0.29, 0.717) is 10.1 Å². The van der Waals surface area contributed by atoms with Crippen LogP contribution < -0.4 is 5.32 Å². The van der Waals surface area contributed by atoms with Crippen molar-refractivity contribution in [2.45, 2.75) is 27.7 Å². The zero-order valence-corrected chi connectivity index (χ0v) is 21.6. The van der Waals surface area contributed by atoms with Crippen molar-refractivity contribution in [3.8, 4) is 5.69 Å². The highest BCUT2D eigenvalue weighted by Crippen LogP contribution is 2.32. The molecule has 7 heteroatoms. The maximum atomic E-state index is 12.6. The van der Waals surface area contributed by atoms with Crippen LogP contribution in [-0.2, 0) is 4.79 Å². The molecule has 31 heavy (non-hydrogen) atoms. The molecule has 0 radical (unpaired) electrons. The van der Waals surface area contributed by atoms with Crippen molar-refractivity contribution < 1.29 is 4.79 Å². The zero-order valence-electron chi connectivity index (χ0n) is 17.6. The molecule has 0 saturated carbocycles. The summed E-state index contributed by atoms with van der Waals surface area (Å²) in [6.45, 7) is 8.21. The first-order chi connectivity index (χ1) is 14.7. The van der Waals surface area contributed by atoms with E-state index >= 15 is 0 Å². The molecule has 0 spiro atoms. The Kier molecular flexibility index (Phi) is 6.28. The number of hydrogen-bond donors (Lipinski definition) is 1. The Balaban J connectivity index is 1.65. The van der Waals surface area contributed by atoms with Gasteiger partial charge in [-0.1, -0.05) is 37.9 Å². The number of benzene rings is 2. The molecule has 158 valence electrons. The van der Waals surface area contributed by atoms with Gasteiger partial charge >= 0.3 is 0 Å². The second-order valence-corrected chi connectivity index (χ2v) is 10.3. The van der Waals surface area contributed by atoms with Gasteiger partial charge in [-0.25, -0.2) is 4.99 Å². The third kappa shape index (κ3) is 4.59. The largest absolute Gasteiger partial charge is 0.318 e. The van der Waals surface area contributed by atoms with E-state index in [-0.39, 0.29) is 5.91 Å². The third-order valence-electron chi connectivity index (χ3n) is 5.13. The number of nitrogens with zero attached hydrogens (tertiary/aromatic N) is 2. The first kappa shape index (κ1) is 22.1. The summed E-state index contributed by atoms with van der Waals surface area (Å²) in [7, 11) is 0. The number of carbonyl (C=O) groups is 1. The lowest BCUT2D eigenvalue weighted by Gasteiger charge is -2.10. The summed E-state index contributed by atoms with van der Waals surface area (Å²) >= 11 is 8.49. The maximum Gasteiger partial charge on any atom is 0.264 e. The van der Waals surface area contributed by atoms with E-state index in [1.165, 1.54) is 11.8 Å². The Morgan fingerprint density at radius 2 is 1.74 bits per heavy atom. The summed E-state index contributed by atoms with van der Waals surface area (Å²) in [4.78, 5) is 17.9. The van der Waals surface area contributed by atoms with Gasteiger partial charge in [-0.05, 0) is 98.6 Å². The average Bonchev–Trinajstić information content (AvgIpc) is 3.18. The van der Waals surface area contributed by atoms with E-state index in [1.54, 1.807) is 0 Å². The molecule has 2 heterocycles. The normalized spacial score (nSPS) is 16.4. The Bertz CT molecular complexity index is 1250. The molecular formula is C24H21Br2N3OS. The fourth-order valence-electron chi connectivity index (χ4n) is 3.67. The minimum atomic E-state index is -0.124. The van der Waals surface area contributed by atoms with Crippen molar-refractivity contribution in [3.63, 3.8) is 0 Å². The highest BCUT2D eigenvalue weighted by Gasteiger charge is 2.24. The molecule has 2 aromatic carbocycles. The first-order valence-corrected chi connectivity index (χ1v) is 12.1. The van der Waals surface area contributed by atoms with Gasteiger partial charge in [-0.3, -0.25) is 4.79 Å². The number of amidine groups is 1. The molecule has 3 aromatic rings. The number of nitrogens with one attached hydrogen (secondary N) is 1. The molecule has 0 bridgehead atoms. The molecule has 0 aliphatic carbocycles. The van der Waals surface area contributed by atoms with Gasteiger partial charge in [-0.15, -0.1) is 0 Å². The maximum absolute atomic E-state index is 12.6. The van der Waals surface area contributed by atoms with Gasteiger partial charge in [0.2, 0.25) is 0 Å². The van der Waals surface area contributed by atoms with Gasteiger partial charge in [-0.2, -0.15) is 0 Å². The van der Waals surface area contributed by atoms with E-state index in [0.717, 1.165) is 48.4 Å². The Morgan fingerprint density at radius 3 is 2.42 bits per heavy atom. The molecule has 1 aliphatic rings. The highest BCUT2D eigenvalue weighted by molar-refractivity contribution is 9.10. The van der Waals surface area contributed by atoms with Gasteiger partial charge in [0.1, 0.15) is 0 Å². The van der Waals surface area contributed by atoms with Crippen molar-refractivity contribution in [3.05, 3.63) is 84.4 Å². The number of rotatable bonds is 3. The lowest BCUT2D eigenvalue weighted by atomic mass is 10.1. The van der Waals surface area contributed by atoms with Crippen LogP contribution in [0.2, 0.25) is 0 Å². The van der Waals surface area contributed by atoms with E-state index in [9.17, 15) is 4.79 Å². The van der Waals surface area contributed by atoms with E-state index in [2.05, 4.69) is 78.8 Å². The van der Waals surface area contributed by atoms with Crippen molar-refractivity contribution in [2.75, 3.05) is 0 Å². The lowest BCUT2D eigenvalue weighted by molar-refractivity contribution is -0.115. The molecule has 1 amide bonds. The number of hydrogen-bond acceptors (Lipinski definition) is 3. The molecule has 4 nitrogen and oxygen atoms in total. The van der Waals surface area contributed by atoms with Crippen LogP contribution in [0.4, 0.5) is 5.69 Å². The molecule has 1 fully saturated rings. The van der Waals surface area contributed by atoms with Crippen LogP contribution in [0.15, 0.2) is 61.3 Å². The van der Waals surface area contributed by atoms with Crippen LogP contribution in [0, 0.1) is 27.7 Å². The SMILES string of the molecule is Cc1cc(N=C2NC(=O)/C(=C/c3cc(C)n(-c4cccc(Br)c4)c3C)S2)cc(C)c1Br. The molecule has 4 rings (SSSR count). The Morgan fingerprint density at radius 1 is 1.03 bits per heavy atom. The van der Waals surface area contributed by atoms with Crippen molar-refractivity contribution >= 4 is 66.5 Å². The monoisotopic (exact) mass is 557 g/mol. The van der Waals surface area contributed by atoms with Crippen LogP contribution >= 0.6 is 43.6 Å². The topological polar surface area (TPSA) is 46.4 Å². The van der Waals surface area contributed by atoms with Crippen LogP contribution in [-0.4, -0.2) is 15.6 Å². The summed E-state index contributed by atoms with van der Waals surface area (Å²) in [6, 6.07) is 14.3. The Labute approximate surface area is 203 Å². The van der Waals surface area contributed by atoms with Gasteiger partial charge in [0.25, 0.3) is 5.91 Å². The minimum absolute atomic E-state index is 0.124. The van der Waals surface area contributed by atoms with Gasteiger partial charge < -0.3 is 9.88 Å². The smallest absolute Gasteiger partial charge is 0.264 e. The Hall–Kier alpha value is -2.09. The van der Waals surface area contributed by atoms with Crippen molar-refractivity contribution in [1.82, 2.24) is 9.88 Å². The molecular weight excluding hydrogens is 538 g/mol. The summed E-state index contributed by atoms with van der Waals surface area (Å²) in [5.74, 6) is -0.124. The summed E-state index contributed by atoms with van der Waals surface area (Å²) in [6.07, 6.45) is 1.94. The molecule has 1 aromatic heterocycles. The predicted molar refractivity (Wildman–Crippen MR) is 137 cm³/mol. The number of aliphatic imine (C=N–C) groups is 1. The summed E-state index contributed by atoms with van der Waals surface area (Å²) in [5.41, 5.74) is 7.36. The fraction of sp³-hybridized carbons (Fsp3) is 0.167. The number of aryl methyl sites for hydroxylation is 3. The average molecular weight is 559 g/mol. The lowest BCUT2D eigenvalue weighted by Crippen LogP contribution is -2.19. The zero-order chi connectivity index (χ0) is 22.3. The minimum Gasteiger partial charge on any atom is -0.318 e.